The highest BCUT2D eigenvalue weighted by molar-refractivity contribution is 7.92. The molecule has 106 valence electrons. The van der Waals surface area contributed by atoms with Crippen molar-refractivity contribution in [1.82, 2.24) is 0 Å². The molecule has 2 rings (SSSR count). The summed E-state index contributed by atoms with van der Waals surface area (Å²) in [7, 11) is -3.44. The highest BCUT2D eigenvalue weighted by Gasteiger charge is 2.31. The molecule has 1 saturated heterocycles. The molecule has 1 unspecified atom stereocenters. The number of nitro groups is 1. The summed E-state index contributed by atoms with van der Waals surface area (Å²) >= 11 is 0.946. The Balaban J connectivity index is 2.49. The van der Waals surface area contributed by atoms with Gasteiger partial charge in [0, 0.05) is 18.9 Å². The van der Waals surface area contributed by atoms with Gasteiger partial charge in [-0.15, -0.1) is 0 Å². The van der Waals surface area contributed by atoms with Crippen LogP contribution in [-0.4, -0.2) is 45.4 Å². The number of anilines is 1. The summed E-state index contributed by atoms with van der Waals surface area (Å²) in [5.41, 5.74) is -0.154. The van der Waals surface area contributed by atoms with Crippen molar-refractivity contribution in [1.29, 1.82) is 0 Å². The van der Waals surface area contributed by atoms with Crippen LogP contribution in [0.2, 0.25) is 0 Å². The molecule has 0 N–H and O–H groups in total. The number of sulfone groups is 1. The Hall–Kier alpha value is -1.19. The first kappa shape index (κ1) is 14.2. The molecule has 0 amide bonds. The third-order valence-corrected chi connectivity index (χ3v) is 5.82. The molecule has 19 heavy (non-hydrogen) atoms. The lowest BCUT2D eigenvalue weighted by Gasteiger charge is -2.33. The molecule has 0 radical (unpaired) electrons. The average Bonchev–Trinajstić information content (AvgIpc) is 2.74. The first-order valence-electron chi connectivity index (χ1n) is 5.63. The van der Waals surface area contributed by atoms with Gasteiger partial charge < -0.3 is 9.64 Å². The molecule has 1 aromatic rings. The van der Waals surface area contributed by atoms with Crippen LogP contribution in [0.25, 0.3) is 0 Å². The van der Waals surface area contributed by atoms with Crippen LogP contribution in [0.15, 0.2) is 10.3 Å². The Morgan fingerprint density at radius 1 is 1.58 bits per heavy atom. The van der Waals surface area contributed by atoms with Crippen LogP contribution in [0.1, 0.15) is 6.92 Å². The van der Waals surface area contributed by atoms with Gasteiger partial charge >= 0.3 is 5.69 Å². The minimum Gasteiger partial charge on any atom is -0.377 e. The Morgan fingerprint density at radius 2 is 2.26 bits per heavy atom. The normalized spacial score (nSPS) is 20.5. The van der Waals surface area contributed by atoms with Crippen LogP contribution in [0, 0.1) is 10.1 Å². The maximum Gasteiger partial charge on any atom is 0.305 e. The van der Waals surface area contributed by atoms with Crippen molar-refractivity contribution in [2.24, 2.45) is 0 Å². The number of rotatable bonds is 3. The van der Waals surface area contributed by atoms with Crippen molar-refractivity contribution < 1.29 is 18.1 Å². The summed E-state index contributed by atoms with van der Waals surface area (Å²) in [6, 6.07) is 1.12. The molecule has 7 nitrogen and oxygen atoms in total. The molecule has 0 aliphatic carbocycles. The SMILES string of the molecule is CC1COCCN1c1sc(S(C)(=O)=O)cc1[N+](=O)[O-]. The first-order chi connectivity index (χ1) is 8.80. The zero-order valence-corrected chi connectivity index (χ0v) is 12.2. The fraction of sp³-hybridized carbons (Fsp3) is 0.600. The lowest BCUT2D eigenvalue weighted by Crippen LogP contribution is -2.43. The molecule has 0 saturated carbocycles. The average molecular weight is 306 g/mol. The maximum atomic E-state index is 11.5. The quantitative estimate of drug-likeness (QED) is 0.617. The van der Waals surface area contributed by atoms with E-state index in [-0.39, 0.29) is 15.9 Å². The molecule has 2 heterocycles. The Kier molecular flexibility index (Phi) is 3.79. The number of nitrogens with zero attached hydrogens (tertiary/aromatic N) is 2. The largest absolute Gasteiger partial charge is 0.377 e. The zero-order chi connectivity index (χ0) is 14.2. The smallest absolute Gasteiger partial charge is 0.305 e. The first-order valence-corrected chi connectivity index (χ1v) is 8.34. The van der Waals surface area contributed by atoms with Crippen LogP contribution < -0.4 is 4.90 Å². The molecule has 1 fully saturated rings. The van der Waals surface area contributed by atoms with Gasteiger partial charge in [0.2, 0.25) is 0 Å². The van der Waals surface area contributed by atoms with Gasteiger partial charge in [-0.05, 0) is 6.92 Å². The van der Waals surface area contributed by atoms with Gasteiger partial charge in [-0.25, -0.2) is 8.42 Å². The summed E-state index contributed by atoms with van der Waals surface area (Å²) in [5, 5.41) is 11.5. The molecule has 1 atom stereocenters. The van der Waals surface area contributed by atoms with E-state index in [9.17, 15) is 18.5 Å². The molecule has 1 aliphatic rings. The van der Waals surface area contributed by atoms with Gasteiger partial charge in [0.05, 0.1) is 24.2 Å². The van der Waals surface area contributed by atoms with E-state index in [4.69, 9.17) is 4.74 Å². The Morgan fingerprint density at radius 3 is 2.79 bits per heavy atom. The highest BCUT2D eigenvalue weighted by Crippen LogP contribution is 2.41. The monoisotopic (exact) mass is 306 g/mol. The standard InChI is InChI=1S/C10H14N2O5S2/c1-7-6-17-4-3-11(7)10-8(12(13)14)5-9(18-10)19(2,15)16/h5,7H,3-4,6H2,1-2H3. The van der Waals surface area contributed by atoms with Gasteiger partial charge in [-0.2, -0.15) is 0 Å². The van der Waals surface area contributed by atoms with E-state index in [0.29, 0.717) is 24.8 Å². The molecule has 1 aliphatic heterocycles. The number of hydrogen-bond acceptors (Lipinski definition) is 7. The molecule has 0 aromatic carbocycles. The predicted octanol–water partition coefficient (Wildman–Crippen LogP) is 1.28. The lowest BCUT2D eigenvalue weighted by molar-refractivity contribution is -0.383. The number of ether oxygens (including phenoxy) is 1. The third-order valence-electron chi connectivity index (χ3n) is 2.86. The molecule has 9 heteroatoms. The van der Waals surface area contributed by atoms with Crippen molar-refractivity contribution in [3.8, 4) is 0 Å². The summed E-state index contributed by atoms with van der Waals surface area (Å²) in [5.74, 6) is 0. The zero-order valence-electron chi connectivity index (χ0n) is 10.5. The Bertz CT molecular complexity index is 595. The fourth-order valence-corrected chi connectivity index (χ4v) is 4.05. The molecular formula is C10H14N2O5S2. The van der Waals surface area contributed by atoms with Gasteiger partial charge in [-0.1, -0.05) is 11.3 Å². The van der Waals surface area contributed by atoms with E-state index in [2.05, 4.69) is 0 Å². The predicted molar refractivity (Wildman–Crippen MR) is 71.7 cm³/mol. The lowest BCUT2D eigenvalue weighted by atomic mass is 10.2. The van der Waals surface area contributed by atoms with Gasteiger partial charge in [-0.3, -0.25) is 10.1 Å². The Labute approximate surface area is 114 Å². The van der Waals surface area contributed by atoms with Crippen molar-refractivity contribution in [3.05, 3.63) is 16.2 Å². The van der Waals surface area contributed by atoms with E-state index >= 15 is 0 Å². The highest BCUT2D eigenvalue weighted by atomic mass is 32.2. The topological polar surface area (TPSA) is 89.8 Å². The van der Waals surface area contributed by atoms with Gasteiger partial charge in [0.1, 0.15) is 4.21 Å². The summed E-state index contributed by atoms with van der Waals surface area (Å²) in [6.45, 7) is 3.37. The maximum absolute atomic E-state index is 11.5. The van der Waals surface area contributed by atoms with E-state index in [0.717, 1.165) is 23.7 Å². The second-order valence-corrected chi connectivity index (χ2v) is 7.68. The van der Waals surface area contributed by atoms with Crippen LogP contribution in [0.3, 0.4) is 0 Å². The number of morpholine rings is 1. The molecule has 0 bridgehead atoms. The van der Waals surface area contributed by atoms with Crippen LogP contribution >= 0.6 is 11.3 Å². The van der Waals surface area contributed by atoms with Crippen molar-refractivity contribution >= 4 is 31.9 Å². The summed E-state index contributed by atoms with van der Waals surface area (Å²) in [4.78, 5) is 12.4. The van der Waals surface area contributed by atoms with E-state index in [1.165, 1.54) is 0 Å². The second-order valence-electron chi connectivity index (χ2n) is 4.40. The minimum absolute atomic E-state index is 0.0153. The summed E-state index contributed by atoms with van der Waals surface area (Å²) in [6.07, 6.45) is 1.05. The van der Waals surface area contributed by atoms with Gasteiger partial charge in [0.15, 0.2) is 14.8 Å². The molecule has 1 aromatic heterocycles. The minimum atomic E-state index is -3.44. The van der Waals surface area contributed by atoms with Crippen LogP contribution in [0.4, 0.5) is 10.7 Å². The second kappa shape index (κ2) is 5.06. The third kappa shape index (κ3) is 2.88. The van der Waals surface area contributed by atoms with Crippen molar-refractivity contribution in [2.45, 2.75) is 17.2 Å². The molecular weight excluding hydrogens is 292 g/mol. The number of hydrogen-bond donors (Lipinski definition) is 0. The van der Waals surface area contributed by atoms with Gasteiger partial charge in [0.25, 0.3) is 0 Å². The van der Waals surface area contributed by atoms with Crippen LogP contribution in [0.5, 0.6) is 0 Å². The van der Waals surface area contributed by atoms with Crippen molar-refractivity contribution in [3.63, 3.8) is 0 Å². The van der Waals surface area contributed by atoms with Crippen molar-refractivity contribution in [2.75, 3.05) is 30.9 Å². The number of thiophene rings is 1. The fourth-order valence-electron chi connectivity index (χ4n) is 1.90. The summed E-state index contributed by atoms with van der Waals surface area (Å²) < 4.78 is 28.4. The van der Waals surface area contributed by atoms with E-state index < -0.39 is 14.8 Å². The van der Waals surface area contributed by atoms with Crippen LogP contribution in [-0.2, 0) is 14.6 Å². The molecule has 0 spiro atoms. The van der Waals surface area contributed by atoms with E-state index in [1.54, 1.807) is 0 Å². The van der Waals surface area contributed by atoms with E-state index in [1.807, 2.05) is 11.8 Å².